The van der Waals surface area contributed by atoms with Crippen molar-refractivity contribution in [3.8, 4) is 0 Å². The predicted molar refractivity (Wildman–Crippen MR) is 123 cm³/mol. The molecule has 1 N–H and O–H groups in total. The summed E-state index contributed by atoms with van der Waals surface area (Å²) in [7, 11) is 1.89. The highest BCUT2D eigenvalue weighted by atomic mass is 16.5. The molecule has 30 heavy (non-hydrogen) atoms. The van der Waals surface area contributed by atoms with Crippen LogP contribution in [0.2, 0.25) is 0 Å². The molecule has 0 aromatic heterocycles. The molecule has 2 unspecified atom stereocenters. The molecule has 2 aromatic rings. The maximum Gasteiger partial charge on any atom is 0.193 e. The van der Waals surface area contributed by atoms with Crippen LogP contribution in [0, 0.1) is 12.8 Å². The van der Waals surface area contributed by atoms with E-state index in [1.54, 1.807) is 0 Å². The summed E-state index contributed by atoms with van der Waals surface area (Å²) in [5.74, 6) is 1.50. The minimum absolute atomic E-state index is 0.183. The van der Waals surface area contributed by atoms with Crippen LogP contribution in [0.5, 0.6) is 0 Å². The fourth-order valence-corrected chi connectivity index (χ4v) is 4.60. The highest BCUT2D eigenvalue weighted by molar-refractivity contribution is 5.80. The summed E-state index contributed by atoms with van der Waals surface area (Å²) in [4.78, 5) is 9.49. The standard InChI is InChI=1S/C25H34N4O/c1-20-7-6-8-21(17-20)19-28-12-14-29(15-13-28)25(26-2)27-18-23-11-16-30-24(23)22-9-4-3-5-10-22/h3-10,17,23-24H,11-16,18-19H2,1-2H3,(H,26,27). The normalized spacial score (nSPS) is 23.0. The predicted octanol–water partition coefficient (Wildman–Crippen LogP) is 3.47. The van der Waals surface area contributed by atoms with E-state index in [9.17, 15) is 0 Å². The molecule has 2 heterocycles. The third-order valence-electron chi connectivity index (χ3n) is 6.24. The van der Waals surface area contributed by atoms with Gasteiger partial charge in [0.05, 0.1) is 6.10 Å². The largest absolute Gasteiger partial charge is 0.373 e. The van der Waals surface area contributed by atoms with Gasteiger partial charge < -0.3 is 15.0 Å². The summed E-state index contributed by atoms with van der Waals surface area (Å²) in [6.45, 7) is 9.07. The van der Waals surface area contributed by atoms with Crippen molar-refractivity contribution in [1.82, 2.24) is 15.1 Å². The maximum atomic E-state index is 6.04. The first-order chi connectivity index (χ1) is 14.7. The molecule has 2 atom stereocenters. The quantitative estimate of drug-likeness (QED) is 0.610. The molecular weight excluding hydrogens is 372 g/mol. The average molecular weight is 407 g/mol. The maximum absolute atomic E-state index is 6.04. The van der Waals surface area contributed by atoms with Crippen molar-refractivity contribution in [2.45, 2.75) is 26.0 Å². The first-order valence-corrected chi connectivity index (χ1v) is 11.1. The van der Waals surface area contributed by atoms with Crippen LogP contribution in [0.4, 0.5) is 0 Å². The third-order valence-corrected chi connectivity index (χ3v) is 6.24. The number of nitrogens with zero attached hydrogens (tertiary/aromatic N) is 3. The Morgan fingerprint density at radius 1 is 1.07 bits per heavy atom. The molecule has 4 rings (SSSR count). The number of rotatable bonds is 5. The topological polar surface area (TPSA) is 40.1 Å². The van der Waals surface area contributed by atoms with E-state index >= 15 is 0 Å². The van der Waals surface area contributed by atoms with Crippen LogP contribution in [0.15, 0.2) is 59.6 Å². The molecule has 2 aromatic carbocycles. The fourth-order valence-electron chi connectivity index (χ4n) is 4.60. The second-order valence-corrected chi connectivity index (χ2v) is 8.43. The van der Waals surface area contributed by atoms with Crippen molar-refractivity contribution in [3.63, 3.8) is 0 Å². The monoisotopic (exact) mass is 406 g/mol. The number of guanidine groups is 1. The van der Waals surface area contributed by atoms with Crippen molar-refractivity contribution >= 4 is 5.96 Å². The number of benzene rings is 2. The highest BCUT2D eigenvalue weighted by Gasteiger charge is 2.30. The third kappa shape index (κ3) is 5.21. The van der Waals surface area contributed by atoms with Gasteiger partial charge in [-0.1, -0.05) is 60.2 Å². The van der Waals surface area contributed by atoms with Gasteiger partial charge in [0.25, 0.3) is 0 Å². The lowest BCUT2D eigenvalue weighted by atomic mass is 9.95. The van der Waals surface area contributed by atoms with Crippen molar-refractivity contribution in [2.24, 2.45) is 10.9 Å². The molecule has 5 nitrogen and oxygen atoms in total. The highest BCUT2D eigenvalue weighted by Crippen LogP contribution is 2.33. The molecule has 0 radical (unpaired) electrons. The van der Waals surface area contributed by atoms with Crippen LogP contribution >= 0.6 is 0 Å². The van der Waals surface area contributed by atoms with Gasteiger partial charge in [-0.25, -0.2) is 0 Å². The van der Waals surface area contributed by atoms with E-state index in [0.29, 0.717) is 5.92 Å². The Morgan fingerprint density at radius 3 is 2.60 bits per heavy atom. The SMILES string of the molecule is CN=C(NCC1CCOC1c1ccccc1)N1CCN(Cc2cccc(C)c2)CC1. The number of ether oxygens (including phenoxy) is 1. The molecule has 2 fully saturated rings. The second-order valence-electron chi connectivity index (χ2n) is 8.43. The molecule has 2 aliphatic rings. The zero-order valence-corrected chi connectivity index (χ0v) is 18.3. The number of hydrogen-bond donors (Lipinski definition) is 1. The summed E-state index contributed by atoms with van der Waals surface area (Å²) in [6.07, 6.45) is 1.27. The average Bonchev–Trinajstić information content (AvgIpc) is 3.24. The minimum atomic E-state index is 0.183. The molecule has 2 aliphatic heterocycles. The number of piperazine rings is 1. The van der Waals surface area contributed by atoms with Crippen LogP contribution in [0.25, 0.3) is 0 Å². The molecule has 160 valence electrons. The Bertz CT molecular complexity index is 830. The smallest absolute Gasteiger partial charge is 0.193 e. The molecule has 0 saturated carbocycles. The van der Waals surface area contributed by atoms with E-state index < -0.39 is 0 Å². The second kappa shape index (κ2) is 10.1. The van der Waals surface area contributed by atoms with Gasteiger partial charge >= 0.3 is 0 Å². The van der Waals surface area contributed by atoms with Gasteiger partial charge in [-0.05, 0) is 24.5 Å². The van der Waals surface area contributed by atoms with E-state index in [2.05, 4.69) is 81.6 Å². The molecule has 0 bridgehead atoms. The minimum Gasteiger partial charge on any atom is -0.373 e. The van der Waals surface area contributed by atoms with Crippen molar-refractivity contribution < 1.29 is 4.74 Å². The van der Waals surface area contributed by atoms with Crippen molar-refractivity contribution in [1.29, 1.82) is 0 Å². The van der Waals surface area contributed by atoms with Gasteiger partial charge in [-0.3, -0.25) is 9.89 Å². The summed E-state index contributed by atoms with van der Waals surface area (Å²) < 4.78 is 6.04. The van der Waals surface area contributed by atoms with Gasteiger partial charge in [0.15, 0.2) is 5.96 Å². The van der Waals surface area contributed by atoms with Crippen LogP contribution in [-0.2, 0) is 11.3 Å². The Kier molecular flexibility index (Phi) is 7.03. The molecule has 0 amide bonds. The lowest BCUT2D eigenvalue weighted by Gasteiger charge is -2.37. The molecule has 5 heteroatoms. The summed E-state index contributed by atoms with van der Waals surface area (Å²) in [6, 6.07) is 19.4. The fraction of sp³-hybridized carbons (Fsp3) is 0.480. The van der Waals surface area contributed by atoms with Gasteiger partial charge in [0.2, 0.25) is 0 Å². The van der Waals surface area contributed by atoms with E-state index in [4.69, 9.17) is 4.74 Å². The van der Waals surface area contributed by atoms with E-state index in [0.717, 1.165) is 58.3 Å². The van der Waals surface area contributed by atoms with Crippen molar-refractivity contribution in [3.05, 3.63) is 71.3 Å². The Morgan fingerprint density at radius 2 is 1.87 bits per heavy atom. The Balaban J connectivity index is 1.27. The Hall–Kier alpha value is -2.37. The van der Waals surface area contributed by atoms with Gasteiger partial charge in [0, 0.05) is 58.8 Å². The number of aryl methyl sites for hydroxylation is 1. The molecule has 2 saturated heterocycles. The van der Waals surface area contributed by atoms with Crippen LogP contribution in [0.1, 0.15) is 29.2 Å². The van der Waals surface area contributed by atoms with Crippen molar-refractivity contribution in [2.75, 3.05) is 46.4 Å². The first kappa shape index (κ1) is 20.9. The van der Waals surface area contributed by atoms with Crippen LogP contribution in [-0.4, -0.2) is 62.1 Å². The van der Waals surface area contributed by atoms with E-state index in [1.165, 1.54) is 16.7 Å². The summed E-state index contributed by atoms with van der Waals surface area (Å²) >= 11 is 0. The van der Waals surface area contributed by atoms with Crippen LogP contribution in [0.3, 0.4) is 0 Å². The van der Waals surface area contributed by atoms with E-state index in [1.807, 2.05) is 7.05 Å². The summed E-state index contributed by atoms with van der Waals surface area (Å²) in [5, 5.41) is 3.63. The van der Waals surface area contributed by atoms with Gasteiger partial charge in [-0.15, -0.1) is 0 Å². The zero-order chi connectivity index (χ0) is 20.8. The van der Waals surface area contributed by atoms with E-state index in [-0.39, 0.29) is 6.10 Å². The lowest BCUT2D eigenvalue weighted by Crippen LogP contribution is -2.52. The lowest BCUT2D eigenvalue weighted by molar-refractivity contribution is 0.0912. The number of aliphatic imine (C=N–C) groups is 1. The molecular formula is C25H34N4O. The number of hydrogen-bond acceptors (Lipinski definition) is 3. The van der Waals surface area contributed by atoms with Crippen LogP contribution < -0.4 is 5.32 Å². The zero-order valence-electron chi connectivity index (χ0n) is 18.3. The van der Waals surface area contributed by atoms with Gasteiger partial charge in [0.1, 0.15) is 0 Å². The Labute approximate surface area is 180 Å². The molecule has 0 spiro atoms. The molecule has 0 aliphatic carbocycles. The summed E-state index contributed by atoms with van der Waals surface area (Å²) in [5.41, 5.74) is 4.01. The van der Waals surface area contributed by atoms with Gasteiger partial charge in [-0.2, -0.15) is 0 Å². The number of nitrogens with one attached hydrogen (secondary N) is 1. The first-order valence-electron chi connectivity index (χ1n) is 11.1.